The molecule has 0 unspecified atom stereocenters. The molecule has 2 aromatic heterocycles. The van der Waals surface area contributed by atoms with E-state index in [0.717, 1.165) is 80.3 Å². The molecule has 0 spiro atoms. The van der Waals surface area contributed by atoms with Gasteiger partial charge in [-0.25, -0.2) is 4.52 Å². The van der Waals surface area contributed by atoms with E-state index in [1.807, 2.05) is 65.1 Å². The molecule has 2 saturated heterocycles. The summed E-state index contributed by atoms with van der Waals surface area (Å²) in [5.74, 6) is 0.599. The smallest absolute Gasteiger partial charge is 0.253 e. The highest BCUT2D eigenvalue weighted by atomic mass is 35.5. The molecule has 2 aromatic carbocycles. The zero-order chi connectivity index (χ0) is 29.3. The third kappa shape index (κ3) is 5.70. The molecule has 42 heavy (non-hydrogen) atoms. The topological polar surface area (TPSA) is 69.0 Å². The van der Waals surface area contributed by atoms with E-state index < -0.39 is 0 Å². The minimum absolute atomic E-state index is 0.0660. The van der Waals surface area contributed by atoms with E-state index in [9.17, 15) is 4.79 Å². The molecule has 0 bridgehead atoms. The summed E-state index contributed by atoms with van der Waals surface area (Å²) in [7, 11) is 4.06. The minimum Gasteiger partial charge on any atom is -0.368 e. The van der Waals surface area contributed by atoms with Crippen molar-refractivity contribution in [2.75, 3.05) is 50.5 Å². The van der Waals surface area contributed by atoms with Crippen molar-refractivity contribution in [1.82, 2.24) is 24.4 Å². The summed E-state index contributed by atoms with van der Waals surface area (Å²) < 4.78 is 1.84. The van der Waals surface area contributed by atoms with Gasteiger partial charge < -0.3 is 20.0 Å². The summed E-state index contributed by atoms with van der Waals surface area (Å²) in [6.45, 7) is 6.25. The number of carbonyl (C=O) groups excluding carboxylic acids is 1. The van der Waals surface area contributed by atoms with Gasteiger partial charge in [-0.15, -0.1) is 5.10 Å². The number of hydrogen-bond donors (Lipinski definition) is 1. The van der Waals surface area contributed by atoms with Gasteiger partial charge in [0.25, 0.3) is 5.91 Å². The third-order valence-corrected chi connectivity index (χ3v) is 9.73. The number of pyridine rings is 1. The fraction of sp³-hybridized carbons (Fsp3) is 0.424. The Hall–Kier alpha value is -3.62. The van der Waals surface area contributed by atoms with Crippen LogP contribution < -0.4 is 10.2 Å². The van der Waals surface area contributed by atoms with Crippen molar-refractivity contribution < 1.29 is 4.79 Å². The number of rotatable bonds is 7. The first-order valence-corrected chi connectivity index (χ1v) is 15.4. The summed E-state index contributed by atoms with van der Waals surface area (Å²) in [5.41, 5.74) is 5.02. The van der Waals surface area contributed by atoms with Crippen molar-refractivity contribution in [2.24, 2.45) is 0 Å². The van der Waals surface area contributed by atoms with Crippen LogP contribution in [-0.4, -0.2) is 76.6 Å². The van der Waals surface area contributed by atoms with Crippen LogP contribution in [0.5, 0.6) is 0 Å². The van der Waals surface area contributed by atoms with Crippen LogP contribution in [0.3, 0.4) is 0 Å². The van der Waals surface area contributed by atoms with Crippen molar-refractivity contribution in [3.05, 3.63) is 83.0 Å². The van der Waals surface area contributed by atoms with E-state index in [4.69, 9.17) is 21.7 Å². The Morgan fingerprint density at radius 3 is 2.38 bits per heavy atom. The van der Waals surface area contributed by atoms with Crippen molar-refractivity contribution in [3.63, 3.8) is 0 Å². The summed E-state index contributed by atoms with van der Waals surface area (Å²) >= 11 is 6.17. The molecular weight excluding hydrogens is 546 g/mol. The Labute approximate surface area is 253 Å². The second-order valence-corrected chi connectivity index (χ2v) is 12.3. The van der Waals surface area contributed by atoms with Gasteiger partial charge in [0.2, 0.25) is 5.95 Å². The average molecular weight is 586 g/mol. The van der Waals surface area contributed by atoms with Crippen LogP contribution in [-0.2, 0) is 5.41 Å². The average Bonchev–Trinajstić information content (AvgIpc) is 3.44. The van der Waals surface area contributed by atoms with Crippen molar-refractivity contribution >= 4 is 40.5 Å². The van der Waals surface area contributed by atoms with Crippen molar-refractivity contribution in [3.8, 4) is 0 Å². The molecule has 0 atom stereocenters. The lowest BCUT2D eigenvalue weighted by atomic mass is 9.71. The summed E-state index contributed by atoms with van der Waals surface area (Å²) in [5, 5.41) is 8.81. The Balaban J connectivity index is 1.13. The summed E-state index contributed by atoms with van der Waals surface area (Å²) in [6.07, 6.45) is 7.21. The maximum absolute atomic E-state index is 13.1. The number of piperidine rings is 2. The van der Waals surface area contributed by atoms with E-state index in [2.05, 4.69) is 47.3 Å². The second-order valence-electron chi connectivity index (χ2n) is 11.9. The molecule has 0 aliphatic carbocycles. The lowest BCUT2D eigenvalue weighted by Gasteiger charge is -2.42. The van der Waals surface area contributed by atoms with Gasteiger partial charge in [0.15, 0.2) is 5.65 Å². The van der Waals surface area contributed by atoms with Gasteiger partial charge in [-0.3, -0.25) is 4.79 Å². The monoisotopic (exact) mass is 585 g/mol. The summed E-state index contributed by atoms with van der Waals surface area (Å²) in [4.78, 5) is 24.6. The van der Waals surface area contributed by atoms with Gasteiger partial charge in [-0.05, 0) is 112 Å². The molecule has 2 aliphatic heterocycles. The molecule has 2 fully saturated rings. The van der Waals surface area contributed by atoms with Crippen LogP contribution in [0, 0.1) is 0 Å². The number of amides is 1. The first kappa shape index (κ1) is 28.5. The first-order valence-electron chi connectivity index (χ1n) is 15.0. The van der Waals surface area contributed by atoms with E-state index >= 15 is 0 Å². The number of nitrogens with one attached hydrogen (secondary N) is 1. The van der Waals surface area contributed by atoms with Crippen LogP contribution >= 0.6 is 11.6 Å². The first-order chi connectivity index (χ1) is 20.3. The minimum atomic E-state index is 0.0660. The van der Waals surface area contributed by atoms with Gasteiger partial charge in [-0.2, -0.15) is 4.98 Å². The number of benzene rings is 2. The number of anilines is 3. The highest BCUT2D eigenvalue weighted by Crippen LogP contribution is 2.40. The highest BCUT2D eigenvalue weighted by molar-refractivity contribution is 6.30. The molecule has 2 aliphatic rings. The normalized spacial score (nSPS) is 17.9. The molecule has 4 heterocycles. The van der Waals surface area contributed by atoms with Gasteiger partial charge in [0.1, 0.15) is 0 Å². The molecule has 1 amide bonds. The van der Waals surface area contributed by atoms with Crippen LogP contribution in [0.15, 0.2) is 66.9 Å². The van der Waals surface area contributed by atoms with E-state index in [0.29, 0.717) is 17.6 Å². The van der Waals surface area contributed by atoms with Crippen molar-refractivity contribution in [1.29, 1.82) is 0 Å². The molecule has 0 saturated carbocycles. The van der Waals surface area contributed by atoms with Crippen molar-refractivity contribution in [2.45, 2.75) is 50.5 Å². The lowest BCUT2D eigenvalue weighted by molar-refractivity contribution is 0.0659. The molecule has 1 N–H and O–H groups in total. The molecule has 6 rings (SSSR count). The predicted octanol–water partition coefficient (Wildman–Crippen LogP) is 6.24. The molecule has 220 valence electrons. The maximum atomic E-state index is 13.1. The third-order valence-electron chi connectivity index (χ3n) is 9.48. The Kier molecular flexibility index (Phi) is 8.10. The highest BCUT2D eigenvalue weighted by Gasteiger charge is 2.35. The quantitative estimate of drug-likeness (QED) is 0.277. The number of carbonyl (C=O) groups is 1. The van der Waals surface area contributed by atoms with Crippen LogP contribution in [0.4, 0.5) is 17.3 Å². The lowest BCUT2D eigenvalue weighted by Crippen LogP contribution is -2.44. The zero-order valence-electron chi connectivity index (χ0n) is 24.8. The standard InChI is InChI=1S/C33H40ClN7O/c1-4-33(25-9-11-26(34)12-10-25)17-22-40(23-18-33)29-6-5-19-41-30(29)36-32(37-41)35-27-13-7-24(8-14-27)31(42)39(3)28-15-20-38(2)21-16-28/h5-14,19,28H,4,15-18,20-23H2,1-3H3,(H,35,37). The Morgan fingerprint density at radius 2 is 1.71 bits per heavy atom. The van der Waals surface area contributed by atoms with Gasteiger partial charge in [0, 0.05) is 48.6 Å². The van der Waals surface area contributed by atoms with E-state index in [1.165, 1.54) is 5.56 Å². The SMILES string of the molecule is CCC1(c2ccc(Cl)cc2)CCN(c2cccn3nc(Nc4ccc(C(=O)N(C)C5CCN(C)CC5)cc4)nc23)CC1. The Morgan fingerprint density at radius 1 is 1.02 bits per heavy atom. The fourth-order valence-corrected chi connectivity index (χ4v) is 6.72. The summed E-state index contributed by atoms with van der Waals surface area (Å²) in [6, 6.07) is 20.5. The molecular formula is C33H40ClN7O. The number of likely N-dealkylation sites (tertiary alicyclic amines) is 1. The number of fused-ring (bicyclic) bond motifs is 1. The zero-order valence-corrected chi connectivity index (χ0v) is 25.5. The second kappa shape index (κ2) is 11.9. The molecule has 0 radical (unpaired) electrons. The maximum Gasteiger partial charge on any atom is 0.253 e. The van der Waals surface area contributed by atoms with E-state index in [-0.39, 0.29) is 11.3 Å². The number of halogens is 1. The largest absolute Gasteiger partial charge is 0.368 e. The van der Waals surface area contributed by atoms with Crippen LogP contribution in [0.1, 0.15) is 54.9 Å². The van der Waals surface area contributed by atoms with Crippen LogP contribution in [0.25, 0.3) is 5.65 Å². The molecule has 9 heteroatoms. The number of hydrogen-bond acceptors (Lipinski definition) is 6. The van der Waals surface area contributed by atoms with Gasteiger partial charge >= 0.3 is 0 Å². The molecule has 4 aromatic rings. The fourth-order valence-electron chi connectivity index (χ4n) is 6.59. The predicted molar refractivity (Wildman–Crippen MR) is 170 cm³/mol. The Bertz CT molecular complexity index is 1520. The number of aromatic nitrogens is 3. The van der Waals surface area contributed by atoms with Gasteiger partial charge in [0.05, 0.1) is 5.69 Å². The van der Waals surface area contributed by atoms with Crippen LogP contribution in [0.2, 0.25) is 5.02 Å². The number of nitrogens with zero attached hydrogens (tertiary/aromatic N) is 6. The molecule has 8 nitrogen and oxygen atoms in total. The van der Waals surface area contributed by atoms with E-state index in [1.54, 1.807) is 0 Å². The van der Waals surface area contributed by atoms with Gasteiger partial charge in [-0.1, -0.05) is 30.7 Å².